The van der Waals surface area contributed by atoms with E-state index in [2.05, 4.69) is 4.98 Å². The Morgan fingerprint density at radius 2 is 2.06 bits per heavy atom. The van der Waals surface area contributed by atoms with Crippen LogP contribution in [0.15, 0.2) is 24.4 Å². The summed E-state index contributed by atoms with van der Waals surface area (Å²) in [5.41, 5.74) is 1.38. The van der Waals surface area contributed by atoms with Gasteiger partial charge in [0.25, 0.3) is 0 Å². The van der Waals surface area contributed by atoms with Crippen LogP contribution in [-0.2, 0) is 0 Å². The molecule has 3 nitrogen and oxygen atoms in total. The first-order valence-electron chi connectivity index (χ1n) is 4.82. The Hall–Kier alpha value is -0.740. The number of aromatic amines is 1. The van der Waals surface area contributed by atoms with Crippen LogP contribution < -0.4 is 0 Å². The van der Waals surface area contributed by atoms with Crippen LogP contribution in [0.3, 0.4) is 0 Å². The van der Waals surface area contributed by atoms with Gasteiger partial charge in [-0.1, -0.05) is 11.6 Å². The van der Waals surface area contributed by atoms with Crippen LogP contribution in [0.2, 0.25) is 5.02 Å². The molecule has 1 aromatic carbocycles. The molecule has 2 atom stereocenters. The second kappa shape index (κ2) is 4.63. The van der Waals surface area contributed by atoms with Crippen molar-refractivity contribution in [3.63, 3.8) is 0 Å². The Balaban J connectivity index is 2.46. The number of fused-ring (bicyclic) bond motifs is 1. The Morgan fingerprint density at radius 3 is 2.75 bits per heavy atom. The average Bonchev–Trinajstić information content (AvgIpc) is 2.72. The predicted molar refractivity (Wildman–Crippen MR) is 65.0 cm³/mol. The SMILES string of the molecule is OC(CCl)C(O)c1cc2cc[nH]c2cc1Cl. The second-order valence-electron chi connectivity index (χ2n) is 3.61. The fourth-order valence-electron chi connectivity index (χ4n) is 1.61. The summed E-state index contributed by atoms with van der Waals surface area (Å²) in [4.78, 5) is 3.02. The Labute approximate surface area is 103 Å². The summed E-state index contributed by atoms with van der Waals surface area (Å²) in [5.74, 6) is -0.0390. The van der Waals surface area contributed by atoms with Crippen molar-refractivity contribution < 1.29 is 10.2 Å². The molecule has 2 aromatic rings. The molecule has 0 radical (unpaired) electrons. The molecule has 0 aliphatic rings. The van der Waals surface area contributed by atoms with Gasteiger partial charge in [-0.3, -0.25) is 0 Å². The molecule has 0 saturated heterocycles. The monoisotopic (exact) mass is 259 g/mol. The molecule has 0 bridgehead atoms. The van der Waals surface area contributed by atoms with Crippen molar-refractivity contribution in [2.45, 2.75) is 12.2 Å². The number of alkyl halides is 1. The maximum absolute atomic E-state index is 9.84. The molecule has 2 rings (SSSR count). The molecule has 0 aliphatic heterocycles. The van der Waals surface area contributed by atoms with Crippen LogP contribution in [0.1, 0.15) is 11.7 Å². The lowest BCUT2D eigenvalue weighted by Gasteiger charge is -2.17. The van der Waals surface area contributed by atoms with Crippen LogP contribution in [0.25, 0.3) is 10.9 Å². The van der Waals surface area contributed by atoms with E-state index in [1.807, 2.05) is 6.07 Å². The highest BCUT2D eigenvalue weighted by molar-refractivity contribution is 6.32. The number of hydrogen-bond donors (Lipinski definition) is 3. The lowest BCUT2D eigenvalue weighted by Crippen LogP contribution is -2.19. The van der Waals surface area contributed by atoms with Gasteiger partial charge in [-0.25, -0.2) is 0 Å². The number of H-pyrrole nitrogens is 1. The first-order chi connectivity index (χ1) is 7.63. The first kappa shape index (κ1) is 11.7. The summed E-state index contributed by atoms with van der Waals surface area (Å²) in [6, 6.07) is 5.33. The average molecular weight is 260 g/mol. The third kappa shape index (κ3) is 2.04. The molecular weight excluding hydrogens is 249 g/mol. The van der Waals surface area contributed by atoms with E-state index >= 15 is 0 Å². The van der Waals surface area contributed by atoms with Crippen LogP contribution in [0.5, 0.6) is 0 Å². The topological polar surface area (TPSA) is 56.2 Å². The number of nitrogens with one attached hydrogen (secondary N) is 1. The summed E-state index contributed by atoms with van der Waals surface area (Å²) < 4.78 is 0. The Morgan fingerprint density at radius 1 is 1.31 bits per heavy atom. The van der Waals surface area contributed by atoms with Crippen LogP contribution >= 0.6 is 23.2 Å². The zero-order valence-corrected chi connectivity index (χ0v) is 9.83. The molecule has 0 saturated carbocycles. The summed E-state index contributed by atoms with van der Waals surface area (Å²) >= 11 is 11.5. The van der Waals surface area contributed by atoms with Crippen LogP contribution in [0.4, 0.5) is 0 Å². The zero-order valence-electron chi connectivity index (χ0n) is 8.32. The highest BCUT2D eigenvalue weighted by atomic mass is 35.5. The molecule has 2 unspecified atom stereocenters. The van der Waals surface area contributed by atoms with Gasteiger partial charge in [-0.05, 0) is 23.6 Å². The van der Waals surface area contributed by atoms with Crippen molar-refractivity contribution in [2.75, 3.05) is 5.88 Å². The predicted octanol–water partition coefficient (Wildman–Crippen LogP) is 2.45. The number of aromatic nitrogens is 1. The summed E-state index contributed by atoms with van der Waals surface area (Å²) in [6.45, 7) is 0. The molecule has 86 valence electrons. The van der Waals surface area contributed by atoms with Gasteiger partial charge in [0.05, 0.1) is 12.0 Å². The zero-order chi connectivity index (χ0) is 11.7. The van der Waals surface area contributed by atoms with Crippen molar-refractivity contribution in [3.8, 4) is 0 Å². The molecule has 0 spiro atoms. The largest absolute Gasteiger partial charge is 0.389 e. The lowest BCUT2D eigenvalue weighted by molar-refractivity contribution is 0.0328. The van der Waals surface area contributed by atoms with E-state index in [9.17, 15) is 10.2 Å². The molecule has 0 fully saturated rings. The van der Waals surface area contributed by atoms with Crippen molar-refractivity contribution in [2.24, 2.45) is 0 Å². The van der Waals surface area contributed by atoms with Gasteiger partial charge in [0.1, 0.15) is 6.10 Å². The van der Waals surface area contributed by atoms with E-state index in [-0.39, 0.29) is 5.88 Å². The minimum Gasteiger partial charge on any atom is -0.389 e. The first-order valence-corrected chi connectivity index (χ1v) is 5.73. The highest BCUT2D eigenvalue weighted by Crippen LogP contribution is 2.29. The van der Waals surface area contributed by atoms with E-state index in [1.54, 1.807) is 18.3 Å². The molecule has 1 heterocycles. The summed E-state index contributed by atoms with van der Waals surface area (Å²) in [7, 11) is 0. The van der Waals surface area contributed by atoms with Gasteiger partial charge >= 0.3 is 0 Å². The quantitative estimate of drug-likeness (QED) is 0.742. The van der Waals surface area contributed by atoms with Gasteiger partial charge in [0.15, 0.2) is 0 Å². The normalized spacial score (nSPS) is 15.2. The molecule has 16 heavy (non-hydrogen) atoms. The number of aliphatic hydroxyl groups excluding tert-OH is 2. The fraction of sp³-hybridized carbons (Fsp3) is 0.273. The molecule has 5 heteroatoms. The molecule has 0 amide bonds. The fourth-order valence-corrected chi connectivity index (χ4v) is 2.05. The number of aliphatic hydroxyl groups is 2. The molecule has 0 aliphatic carbocycles. The van der Waals surface area contributed by atoms with E-state index < -0.39 is 12.2 Å². The maximum atomic E-state index is 9.84. The van der Waals surface area contributed by atoms with Crippen molar-refractivity contribution in [1.29, 1.82) is 0 Å². The van der Waals surface area contributed by atoms with Gasteiger partial charge in [-0.2, -0.15) is 0 Å². The van der Waals surface area contributed by atoms with Gasteiger partial charge in [0.2, 0.25) is 0 Å². The summed E-state index contributed by atoms with van der Waals surface area (Å²) in [6.07, 6.45) is -0.297. The molecule has 1 aromatic heterocycles. The van der Waals surface area contributed by atoms with Crippen LogP contribution in [-0.4, -0.2) is 27.2 Å². The third-order valence-corrected chi connectivity index (χ3v) is 3.16. The Bertz CT molecular complexity index is 498. The van der Waals surface area contributed by atoms with Crippen LogP contribution in [0, 0.1) is 0 Å². The van der Waals surface area contributed by atoms with Crippen molar-refractivity contribution in [3.05, 3.63) is 35.0 Å². The number of hydrogen-bond acceptors (Lipinski definition) is 2. The van der Waals surface area contributed by atoms with Crippen molar-refractivity contribution >= 4 is 34.1 Å². The third-order valence-electron chi connectivity index (χ3n) is 2.51. The van der Waals surface area contributed by atoms with E-state index in [0.717, 1.165) is 10.9 Å². The highest BCUT2D eigenvalue weighted by Gasteiger charge is 2.20. The minimum absolute atomic E-state index is 0.0390. The summed E-state index contributed by atoms with van der Waals surface area (Å²) in [5, 5.41) is 20.7. The van der Waals surface area contributed by atoms with Gasteiger partial charge < -0.3 is 15.2 Å². The second-order valence-corrected chi connectivity index (χ2v) is 4.32. The standard InChI is InChI=1S/C11H11Cl2NO2/c12-5-10(15)11(16)7-3-6-1-2-14-9(6)4-8(7)13/h1-4,10-11,14-16H,5H2. The maximum Gasteiger partial charge on any atom is 0.107 e. The lowest BCUT2D eigenvalue weighted by atomic mass is 10.0. The van der Waals surface area contributed by atoms with Gasteiger partial charge in [-0.15, -0.1) is 11.6 Å². The number of benzene rings is 1. The van der Waals surface area contributed by atoms with Gasteiger partial charge in [0, 0.05) is 22.3 Å². The van der Waals surface area contributed by atoms with E-state index in [4.69, 9.17) is 23.2 Å². The van der Waals surface area contributed by atoms with E-state index in [1.165, 1.54) is 0 Å². The molecular formula is C11H11Cl2NO2. The van der Waals surface area contributed by atoms with Crippen molar-refractivity contribution in [1.82, 2.24) is 4.98 Å². The number of halogens is 2. The smallest absolute Gasteiger partial charge is 0.107 e. The minimum atomic E-state index is -1.07. The number of rotatable bonds is 3. The Kier molecular flexibility index (Phi) is 3.40. The molecule has 3 N–H and O–H groups in total. The van der Waals surface area contributed by atoms with E-state index in [0.29, 0.717) is 10.6 Å².